The van der Waals surface area contributed by atoms with Gasteiger partial charge in [-0.2, -0.15) is 5.26 Å². The Morgan fingerprint density at radius 1 is 0.900 bits per heavy atom. The van der Waals surface area contributed by atoms with Gasteiger partial charge in [-0.05, 0) is 36.1 Å². The molecule has 3 rings (SSSR count). The molecule has 2 aromatic heterocycles. The van der Waals surface area contributed by atoms with Gasteiger partial charge in [0.2, 0.25) is 0 Å². The number of fused-ring (bicyclic) bond motifs is 1. The minimum atomic E-state index is 0.552. The zero-order valence-electron chi connectivity index (χ0n) is 10.5. The molecule has 0 aliphatic heterocycles. The van der Waals surface area contributed by atoms with Crippen molar-refractivity contribution in [2.24, 2.45) is 0 Å². The van der Waals surface area contributed by atoms with Crippen molar-refractivity contribution in [1.29, 1.82) is 5.26 Å². The molecule has 0 N–H and O–H groups in total. The maximum absolute atomic E-state index is 8.83. The summed E-state index contributed by atoms with van der Waals surface area (Å²) in [6, 6.07) is 17.1. The van der Waals surface area contributed by atoms with Gasteiger partial charge in [0.25, 0.3) is 0 Å². The second-order valence-electron chi connectivity index (χ2n) is 4.18. The molecule has 3 aromatic rings. The maximum atomic E-state index is 8.83. The van der Waals surface area contributed by atoms with Crippen LogP contribution in [0.1, 0.15) is 17.0 Å². The lowest BCUT2D eigenvalue weighted by Crippen LogP contribution is -1.86. The van der Waals surface area contributed by atoms with Crippen molar-refractivity contribution in [1.82, 2.24) is 9.97 Å². The second kappa shape index (κ2) is 5.22. The van der Waals surface area contributed by atoms with Crippen LogP contribution in [0.4, 0.5) is 0 Å². The van der Waals surface area contributed by atoms with Crippen molar-refractivity contribution >= 4 is 10.9 Å². The van der Waals surface area contributed by atoms with Gasteiger partial charge in [0.05, 0.1) is 17.1 Å². The summed E-state index contributed by atoms with van der Waals surface area (Å²) in [6.07, 6.45) is 1.58. The van der Waals surface area contributed by atoms with Crippen molar-refractivity contribution in [3.63, 3.8) is 0 Å². The van der Waals surface area contributed by atoms with E-state index in [0.29, 0.717) is 17.0 Å². The Bertz CT molecular complexity index is 880. The third kappa shape index (κ3) is 2.48. The highest BCUT2D eigenvalue weighted by Crippen LogP contribution is 2.11. The van der Waals surface area contributed by atoms with E-state index >= 15 is 0 Å². The Hall–Kier alpha value is -3.17. The molecule has 0 aliphatic carbocycles. The highest BCUT2D eigenvalue weighted by atomic mass is 14.7. The number of para-hydroxylation sites is 1. The number of aromatic nitrogens is 2. The summed E-state index contributed by atoms with van der Waals surface area (Å²) in [5.74, 6) is 5.90. The SMILES string of the molecule is N#Cc1ccnc(C#Cc2ccc3ccccc3n2)c1. The van der Waals surface area contributed by atoms with Crippen LogP contribution in [0.2, 0.25) is 0 Å². The maximum Gasteiger partial charge on any atom is 0.114 e. The van der Waals surface area contributed by atoms with Crippen molar-refractivity contribution in [3.8, 4) is 17.9 Å². The molecule has 0 aliphatic rings. The minimum absolute atomic E-state index is 0.552. The van der Waals surface area contributed by atoms with Crippen molar-refractivity contribution in [3.05, 3.63) is 71.7 Å². The first-order valence-corrected chi connectivity index (χ1v) is 6.09. The first-order valence-electron chi connectivity index (χ1n) is 6.09. The number of pyridine rings is 2. The highest BCUT2D eigenvalue weighted by molar-refractivity contribution is 5.78. The van der Waals surface area contributed by atoms with E-state index < -0.39 is 0 Å². The van der Waals surface area contributed by atoms with E-state index in [1.807, 2.05) is 36.4 Å². The van der Waals surface area contributed by atoms with Gasteiger partial charge in [0, 0.05) is 11.6 Å². The van der Waals surface area contributed by atoms with Crippen molar-refractivity contribution in [2.75, 3.05) is 0 Å². The Kier molecular flexibility index (Phi) is 3.10. The number of nitrogens with zero attached hydrogens (tertiary/aromatic N) is 3. The summed E-state index contributed by atoms with van der Waals surface area (Å²) in [5, 5.41) is 9.91. The molecule has 0 bridgehead atoms. The molecule has 2 heterocycles. The quantitative estimate of drug-likeness (QED) is 0.580. The summed E-state index contributed by atoms with van der Waals surface area (Å²) < 4.78 is 0. The van der Waals surface area contributed by atoms with Crippen LogP contribution in [0.15, 0.2) is 54.7 Å². The molecule has 0 radical (unpaired) electrons. The van der Waals surface area contributed by atoms with Crippen LogP contribution < -0.4 is 0 Å². The van der Waals surface area contributed by atoms with Crippen molar-refractivity contribution < 1.29 is 0 Å². The fourth-order valence-electron chi connectivity index (χ4n) is 1.83. The van der Waals surface area contributed by atoms with E-state index in [2.05, 4.69) is 27.9 Å². The fraction of sp³-hybridized carbons (Fsp3) is 0. The van der Waals surface area contributed by atoms with E-state index in [-0.39, 0.29) is 0 Å². The van der Waals surface area contributed by atoms with Gasteiger partial charge < -0.3 is 0 Å². The van der Waals surface area contributed by atoms with Crippen LogP contribution in [0.5, 0.6) is 0 Å². The van der Waals surface area contributed by atoms with E-state index in [1.165, 1.54) is 0 Å². The molecule has 1 aromatic carbocycles. The summed E-state index contributed by atoms with van der Waals surface area (Å²) in [5.41, 5.74) is 2.72. The molecule has 92 valence electrons. The highest BCUT2D eigenvalue weighted by Gasteiger charge is 1.95. The van der Waals surface area contributed by atoms with E-state index in [4.69, 9.17) is 5.26 Å². The predicted octanol–water partition coefficient (Wildman–Crippen LogP) is 2.90. The largest absolute Gasteiger partial charge is 0.248 e. The zero-order chi connectivity index (χ0) is 13.8. The number of rotatable bonds is 0. The Morgan fingerprint density at radius 3 is 2.65 bits per heavy atom. The standard InChI is InChI=1S/C17H9N3/c18-12-13-9-10-19-16(11-13)8-7-15-6-5-14-3-1-2-4-17(14)20-15/h1-6,9-11H. The molecule has 20 heavy (non-hydrogen) atoms. The lowest BCUT2D eigenvalue weighted by Gasteiger charge is -1.96. The molecule has 0 spiro atoms. The van der Waals surface area contributed by atoms with Crippen LogP contribution in [0.3, 0.4) is 0 Å². The van der Waals surface area contributed by atoms with Crippen LogP contribution in [0, 0.1) is 23.2 Å². The number of hydrogen-bond acceptors (Lipinski definition) is 3. The molecule has 3 nitrogen and oxygen atoms in total. The van der Waals surface area contributed by atoms with E-state index in [1.54, 1.807) is 18.3 Å². The average molecular weight is 255 g/mol. The average Bonchev–Trinajstić information content (AvgIpc) is 2.53. The predicted molar refractivity (Wildman–Crippen MR) is 76.7 cm³/mol. The van der Waals surface area contributed by atoms with Gasteiger partial charge in [-0.3, -0.25) is 0 Å². The molecule has 3 heteroatoms. The Morgan fingerprint density at radius 2 is 1.75 bits per heavy atom. The third-order valence-electron chi connectivity index (χ3n) is 2.81. The van der Waals surface area contributed by atoms with Gasteiger partial charge in [0.15, 0.2) is 0 Å². The number of benzene rings is 1. The summed E-state index contributed by atoms with van der Waals surface area (Å²) in [6.45, 7) is 0. The number of nitriles is 1. The lowest BCUT2D eigenvalue weighted by atomic mass is 10.2. The summed E-state index contributed by atoms with van der Waals surface area (Å²) >= 11 is 0. The van der Waals surface area contributed by atoms with Crippen LogP contribution in [0.25, 0.3) is 10.9 Å². The third-order valence-corrected chi connectivity index (χ3v) is 2.81. The zero-order valence-corrected chi connectivity index (χ0v) is 10.5. The number of hydrogen-bond donors (Lipinski definition) is 0. The van der Waals surface area contributed by atoms with Crippen molar-refractivity contribution in [2.45, 2.75) is 0 Å². The van der Waals surface area contributed by atoms with Crippen LogP contribution in [-0.2, 0) is 0 Å². The van der Waals surface area contributed by atoms with Gasteiger partial charge in [0.1, 0.15) is 11.4 Å². The van der Waals surface area contributed by atoms with Crippen LogP contribution in [-0.4, -0.2) is 9.97 Å². The topological polar surface area (TPSA) is 49.6 Å². The first-order chi connectivity index (χ1) is 9.85. The van der Waals surface area contributed by atoms with Gasteiger partial charge in [-0.15, -0.1) is 0 Å². The molecule has 0 saturated heterocycles. The first kappa shape index (κ1) is 11.9. The van der Waals surface area contributed by atoms with E-state index in [9.17, 15) is 0 Å². The van der Waals surface area contributed by atoms with Crippen LogP contribution >= 0.6 is 0 Å². The Labute approximate surface area is 116 Å². The molecular formula is C17H9N3. The molecule has 0 atom stereocenters. The summed E-state index contributed by atoms with van der Waals surface area (Å²) in [7, 11) is 0. The monoisotopic (exact) mass is 255 g/mol. The minimum Gasteiger partial charge on any atom is -0.248 e. The normalized spacial score (nSPS) is 9.55. The van der Waals surface area contributed by atoms with E-state index in [0.717, 1.165) is 10.9 Å². The molecule has 0 amide bonds. The van der Waals surface area contributed by atoms with Gasteiger partial charge >= 0.3 is 0 Å². The van der Waals surface area contributed by atoms with Gasteiger partial charge in [-0.1, -0.05) is 24.3 Å². The summed E-state index contributed by atoms with van der Waals surface area (Å²) in [4.78, 5) is 8.58. The molecule has 0 fully saturated rings. The second-order valence-corrected chi connectivity index (χ2v) is 4.18. The molecular weight excluding hydrogens is 246 g/mol. The van der Waals surface area contributed by atoms with Gasteiger partial charge in [-0.25, -0.2) is 9.97 Å². The smallest absolute Gasteiger partial charge is 0.114 e. The lowest BCUT2D eigenvalue weighted by molar-refractivity contribution is 1.27. The fourth-order valence-corrected chi connectivity index (χ4v) is 1.83. The molecule has 0 saturated carbocycles. The molecule has 0 unspecified atom stereocenters. The Balaban J connectivity index is 1.97.